The minimum absolute atomic E-state index is 0.0367. The number of nitrogens with zero attached hydrogens (tertiary/aromatic N) is 1. The normalized spacial score (nSPS) is 24.4. The first kappa shape index (κ1) is 14.5. The number of amides is 1. The highest BCUT2D eigenvalue weighted by Gasteiger charge is 2.28. The first-order chi connectivity index (χ1) is 7.85. The number of nitrogens with one attached hydrogen (secondary N) is 2. The molecule has 0 aromatic carbocycles. The molecule has 0 bridgehead atoms. The molecule has 1 heterocycles. The van der Waals surface area contributed by atoms with Crippen molar-refractivity contribution < 1.29 is 4.79 Å². The average molecular weight is 241 g/mol. The molecule has 1 fully saturated rings. The van der Waals surface area contributed by atoms with Gasteiger partial charge in [0.25, 0.3) is 0 Å². The second-order valence-corrected chi connectivity index (χ2v) is 5.75. The molecule has 0 spiro atoms. The quantitative estimate of drug-likeness (QED) is 0.771. The van der Waals surface area contributed by atoms with Crippen molar-refractivity contribution in [2.75, 3.05) is 19.6 Å². The Bertz CT molecular complexity index is 265. The van der Waals surface area contributed by atoms with Crippen LogP contribution in [0.25, 0.3) is 0 Å². The number of carbonyl (C=O) groups excluding carboxylic acids is 1. The summed E-state index contributed by atoms with van der Waals surface area (Å²) < 4.78 is 0. The Morgan fingerprint density at radius 1 is 1.59 bits per heavy atom. The van der Waals surface area contributed by atoms with Gasteiger partial charge in [-0.05, 0) is 34.1 Å². The minimum atomic E-state index is -0.106. The van der Waals surface area contributed by atoms with Gasteiger partial charge in [-0.1, -0.05) is 6.92 Å². The molecular weight excluding hydrogens is 214 g/mol. The zero-order valence-corrected chi connectivity index (χ0v) is 11.8. The van der Waals surface area contributed by atoms with Crippen molar-refractivity contribution >= 4 is 5.91 Å². The Morgan fingerprint density at radius 3 is 2.76 bits per heavy atom. The zero-order chi connectivity index (χ0) is 13.1. The first-order valence-corrected chi connectivity index (χ1v) is 6.65. The molecular formula is C13H27N3O. The number of rotatable bonds is 4. The Balaban J connectivity index is 2.51. The van der Waals surface area contributed by atoms with Gasteiger partial charge < -0.3 is 10.6 Å². The highest BCUT2D eigenvalue weighted by molar-refractivity contribution is 5.82. The van der Waals surface area contributed by atoms with Crippen LogP contribution in [-0.4, -0.2) is 48.1 Å². The van der Waals surface area contributed by atoms with E-state index in [1.54, 1.807) is 0 Å². The molecule has 1 aliphatic rings. The van der Waals surface area contributed by atoms with Crippen LogP contribution in [0.2, 0.25) is 0 Å². The van der Waals surface area contributed by atoms with Crippen molar-refractivity contribution in [2.24, 2.45) is 0 Å². The molecule has 4 nitrogen and oxygen atoms in total. The van der Waals surface area contributed by atoms with Crippen LogP contribution in [0.1, 0.15) is 41.0 Å². The van der Waals surface area contributed by atoms with Crippen LogP contribution in [0.5, 0.6) is 0 Å². The average Bonchev–Trinajstić information content (AvgIpc) is 2.27. The topological polar surface area (TPSA) is 44.4 Å². The third kappa shape index (κ3) is 4.28. The fraction of sp³-hybridized carbons (Fsp3) is 0.923. The highest BCUT2D eigenvalue weighted by atomic mass is 16.2. The third-order valence-electron chi connectivity index (χ3n) is 3.67. The van der Waals surface area contributed by atoms with E-state index in [4.69, 9.17) is 0 Å². The molecule has 1 saturated heterocycles. The van der Waals surface area contributed by atoms with E-state index in [0.29, 0.717) is 6.04 Å². The fourth-order valence-electron chi connectivity index (χ4n) is 2.01. The summed E-state index contributed by atoms with van der Waals surface area (Å²) in [6.07, 6.45) is 0.948. The zero-order valence-electron chi connectivity index (χ0n) is 11.8. The molecule has 1 amide bonds. The largest absolute Gasteiger partial charge is 0.350 e. The van der Waals surface area contributed by atoms with E-state index < -0.39 is 0 Å². The van der Waals surface area contributed by atoms with Crippen molar-refractivity contribution in [3.05, 3.63) is 0 Å². The molecule has 0 saturated carbocycles. The molecule has 2 atom stereocenters. The van der Waals surface area contributed by atoms with Gasteiger partial charge in [0.2, 0.25) is 5.91 Å². The first-order valence-electron chi connectivity index (χ1n) is 6.65. The maximum absolute atomic E-state index is 12.2. The lowest BCUT2D eigenvalue weighted by Crippen LogP contribution is -2.58. The highest BCUT2D eigenvalue weighted by Crippen LogP contribution is 2.10. The predicted octanol–water partition coefficient (Wildman–Crippen LogP) is 0.973. The van der Waals surface area contributed by atoms with Gasteiger partial charge in [-0.3, -0.25) is 9.69 Å². The molecule has 17 heavy (non-hydrogen) atoms. The summed E-state index contributed by atoms with van der Waals surface area (Å²) in [6, 6.07) is 0.434. The molecule has 0 radical (unpaired) electrons. The Morgan fingerprint density at radius 2 is 2.24 bits per heavy atom. The molecule has 1 rings (SSSR count). The van der Waals surface area contributed by atoms with E-state index in [1.165, 1.54) is 0 Å². The molecule has 4 heteroatoms. The lowest BCUT2D eigenvalue weighted by Gasteiger charge is -2.37. The van der Waals surface area contributed by atoms with Gasteiger partial charge in [0.05, 0.1) is 6.04 Å². The standard InChI is InChI=1S/C13H27N3O/c1-6-13(4,5)15-12(17)11(3)16-8-7-14-10(2)9-16/h10-11,14H,6-9H2,1-5H3,(H,15,17)/t10-,11?/m1/s1. The Labute approximate surface area is 105 Å². The van der Waals surface area contributed by atoms with Gasteiger partial charge in [0.15, 0.2) is 0 Å². The molecule has 0 aliphatic carbocycles. The number of piperazine rings is 1. The molecule has 1 unspecified atom stereocenters. The summed E-state index contributed by atoms with van der Waals surface area (Å²) in [5.41, 5.74) is -0.106. The van der Waals surface area contributed by atoms with Crippen LogP contribution >= 0.6 is 0 Å². The predicted molar refractivity (Wildman–Crippen MR) is 71.0 cm³/mol. The van der Waals surface area contributed by atoms with E-state index >= 15 is 0 Å². The van der Waals surface area contributed by atoms with E-state index in [-0.39, 0.29) is 17.5 Å². The molecule has 2 N–H and O–H groups in total. The van der Waals surface area contributed by atoms with Crippen molar-refractivity contribution in [1.29, 1.82) is 0 Å². The molecule has 0 aromatic heterocycles. The van der Waals surface area contributed by atoms with Crippen molar-refractivity contribution in [3.63, 3.8) is 0 Å². The monoisotopic (exact) mass is 241 g/mol. The lowest BCUT2D eigenvalue weighted by atomic mass is 10.0. The lowest BCUT2D eigenvalue weighted by molar-refractivity contribution is -0.128. The van der Waals surface area contributed by atoms with E-state index in [9.17, 15) is 4.79 Å². The summed E-state index contributed by atoms with van der Waals surface area (Å²) >= 11 is 0. The van der Waals surface area contributed by atoms with E-state index in [1.807, 2.05) is 6.92 Å². The van der Waals surface area contributed by atoms with Crippen molar-refractivity contribution in [3.8, 4) is 0 Å². The number of hydrogen-bond donors (Lipinski definition) is 2. The maximum atomic E-state index is 12.2. The van der Waals surface area contributed by atoms with Crippen LogP contribution in [0.15, 0.2) is 0 Å². The van der Waals surface area contributed by atoms with Crippen LogP contribution in [0, 0.1) is 0 Å². The molecule has 100 valence electrons. The summed E-state index contributed by atoms with van der Waals surface area (Å²) in [4.78, 5) is 14.4. The van der Waals surface area contributed by atoms with Gasteiger partial charge in [-0.15, -0.1) is 0 Å². The second kappa shape index (κ2) is 5.83. The van der Waals surface area contributed by atoms with Crippen LogP contribution < -0.4 is 10.6 Å². The van der Waals surface area contributed by atoms with Crippen LogP contribution in [0.4, 0.5) is 0 Å². The smallest absolute Gasteiger partial charge is 0.237 e. The number of carbonyl (C=O) groups is 1. The van der Waals surface area contributed by atoms with Crippen LogP contribution in [0.3, 0.4) is 0 Å². The van der Waals surface area contributed by atoms with Gasteiger partial charge in [-0.2, -0.15) is 0 Å². The molecule has 1 aliphatic heterocycles. The summed E-state index contributed by atoms with van der Waals surface area (Å²) in [7, 11) is 0. The van der Waals surface area contributed by atoms with Gasteiger partial charge in [0.1, 0.15) is 0 Å². The summed E-state index contributed by atoms with van der Waals surface area (Å²) in [5, 5.41) is 6.51. The van der Waals surface area contributed by atoms with Gasteiger partial charge in [-0.25, -0.2) is 0 Å². The van der Waals surface area contributed by atoms with E-state index in [0.717, 1.165) is 26.1 Å². The molecule has 0 aromatic rings. The summed E-state index contributed by atoms with van der Waals surface area (Å²) in [6.45, 7) is 13.3. The van der Waals surface area contributed by atoms with E-state index in [2.05, 4.69) is 43.2 Å². The third-order valence-corrected chi connectivity index (χ3v) is 3.67. The second-order valence-electron chi connectivity index (χ2n) is 5.75. The van der Waals surface area contributed by atoms with Crippen molar-refractivity contribution in [1.82, 2.24) is 15.5 Å². The van der Waals surface area contributed by atoms with Crippen LogP contribution in [-0.2, 0) is 4.79 Å². The summed E-state index contributed by atoms with van der Waals surface area (Å²) in [5.74, 6) is 0.144. The number of hydrogen-bond acceptors (Lipinski definition) is 3. The SMILES string of the molecule is CCC(C)(C)NC(=O)C(C)N1CCN[C@H](C)C1. The van der Waals surface area contributed by atoms with Crippen molar-refractivity contribution in [2.45, 2.75) is 58.7 Å². The Kier molecular flexibility index (Phi) is 4.95. The van der Waals surface area contributed by atoms with Gasteiger partial charge in [0, 0.05) is 31.2 Å². The minimum Gasteiger partial charge on any atom is -0.350 e. The Hall–Kier alpha value is -0.610. The maximum Gasteiger partial charge on any atom is 0.237 e. The van der Waals surface area contributed by atoms with Gasteiger partial charge >= 0.3 is 0 Å². The fourth-order valence-corrected chi connectivity index (χ4v) is 2.01.